The van der Waals surface area contributed by atoms with Gasteiger partial charge in [0.25, 0.3) is 0 Å². The number of hydrogen-bond donors (Lipinski definition) is 1. The summed E-state index contributed by atoms with van der Waals surface area (Å²) in [6.07, 6.45) is 4.78. The van der Waals surface area contributed by atoms with Crippen molar-refractivity contribution in [3.8, 4) is 0 Å². The van der Waals surface area contributed by atoms with Crippen molar-refractivity contribution in [2.45, 2.75) is 33.1 Å². The average Bonchev–Trinajstić information content (AvgIpc) is 2.40. The van der Waals surface area contributed by atoms with Crippen molar-refractivity contribution in [1.29, 1.82) is 0 Å². The maximum Gasteiger partial charge on any atom is 0.337 e. The molecule has 0 spiro atoms. The van der Waals surface area contributed by atoms with Gasteiger partial charge in [0.15, 0.2) is 0 Å². The largest absolute Gasteiger partial charge is 0.478 e. The van der Waals surface area contributed by atoms with Crippen LogP contribution in [0.2, 0.25) is 5.02 Å². The smallest absolute Gasteiger partial charge is 0.337 e. The van der Waals surface area contributed by atoms with E-state index in [1.807, 2.05) is 0 Å². The Morgan fingerprint density at radius 3 is 2.63 bits per heavy atom. The van der Waals surface area contributed by atoms with Crippen molar-refractivity contribution < 1.29 is 9.90 Å². The van der Waals surface area contributed by atoms with Gasteiger partial charge < -0.3 is 10.0 Å². The van der Waals surface area contributed by atoms with E-state index in [-0.39, 0.29) is 5.56 Å². The highest BCUT2D eigenvalue weighted by atomic mass is 35.5. The number of pyridine rings is 1. The molecular weight excluding hydrogens is 264 g/mol. The Labute approximate surface area is 118 Å². The number of aromatic carboxylic acids is 1. The zero-order valence-corrected chi connectivity index (χ0v) is 12.1. The highest BCUT2D eigenvalue weighted by molar-refractivity contribution is 6.33. The summed E-state index contributed by atoms with van der Waals surface area (Å²) in [6, 6.07) is 1.47. The van der Waals surface area contributed by atoms with Gasteiger partial charge in [-0.05, 0) is 24.3 Å². The Bertz CT molecular complexity index is 482. The van der Waals surface area contributed by atoms with Crippen LogP contribution in [0.15, 0.2) is 12.3 Å². The molecule has 0 saturated carbocycles. The van der Waals surface area contributed by atoms with Crippen LogP contribution in [0.4, 0.5) is 5.82 Å². The third-order valence-electron chi connectivity index (χ3n) is 4.19. The van der Waals surface area contributed by atoms with Crippen LogP contribution < -0.4 is 4.90 Å². The fourth-order valence-corrected chi connectivity index (χ4v) is 2.68. The van der Waals surface area contributed by atoms with Crippen molar-refractivity contribution in [1.82, 2.24) is 4.98 Å². The molecule has 0 radical (unpaired) electrons. The monoisotopic (exact) mass is 282 g/mol. The minimum absolute atomic E-state index is 0.129. The number of anilines is 1. The normalized spacial score (nSPS) is 18.4. The zero-order valence-electron chi connectivity index (χ0n) is 11.3. The Balaban J connectivity index is 2.14. The number of carboxylic acid groups (broad SMARTS) is 1. The molecule has 1 saturated heterocycles. The Hall–Kier alpha value is -1.29. The molecule has 1 aromatic rings. The van der Waals surface area contributed by atoms with E-state index in [2.05, 4.69) is 23.7 Å². The van der Waals surface area contributed by atoms with E-state index in [0.29, 0.717) is 16.3 Å². The lowest BCUT2D eigenvalue weighted by Gasteiger charge is -2.39. The fourth-order valence-electron chi connectivity index (χ4n) is 2.39. The number of carbonyl (C=O) groups is 1. The topological polar surface area (TPSA) is 53.4 Å². The molecule has 0 aromatic carbocycles. The molecular formula is C14H19ClN2O2. The van der Waals surface area contributed by atoms with Crippen LogP contribution in [0.25, 0.3) is 0 Å². The summed E-state index contributed by atoms with van der Waals surface area (Å²) in [7, 11) is 0. The Kier molecular flexibility index (Phi) is 3.99. The number of nitrogens with zero attached hydrogens (tertiary/aromatic N) is 2. The lowest BCUT2D eigenvalue weighted by Crippen LogP contribution is -2.39. The molecule has 1 fully saturated rings. The van der Waals surface area contributed by atoms with Crippen molar-refractivity contribution >= 4 is 23.4 Å². The first-order valence-corrected chi connectivity index (χ1v) is 6.97. The molecule has 0 aliphatic carbocycles. The molecule has 0 bridgehead atoms. The summed E-state index contributed by atoms with van der Waals surface area (Å²) >= 11 is 6.14. The predicted molar refractivity (Wildman–Crippen MR) is 76.1 cm³/mol. The van der Waals surface area contributed by atoms with Crippen molar-refractivity contribution in [3.63, 3.8) is 0 Å². The van der Waals surface area contributed by atoms with Gasteiger partial charge in [-0.3, -0.25) is 0 Å². The summed E-state index contributed by atoms with van der Waals surface area (Å²) in [5, 5.41) is 9.32. The van der Waals surface area contributed by atoms with Crippen molar-refractivity contribution in [2.24, 2.45) is 5.41 Å². The predicted octanol–water partition coefficient (Wildman–Crippen LogP) is 3.45. The number of aromatic nitrogens is 1. The summed E-state index contributed by atoms with van der Waals surface area (Å²) in [5.74, 6) is -0.303. The first-order chi connectivity index (χ1) is 8.95. The number of hydrogen-bond acceptors (Lipinski definition) is 3. The highest BCUT2D eigenvalue weighted by Gasteiger charge is 2.29. The summed E-state index contributed by atoms with van der Waals surface area (Å²) in [4.78, 5) is 17.2. The maximum absolute atomic E-state index is 10.9. The lowest BCUT2D eigenvalue weighted by atomic mass is 9.78. The second kappa shape index (κ2) is 5.37. The van der Waals surface area contributed by atoms with Crippen LogP contribution in [-0.4, -0.2) is 29.1 Å². The quantitative estimate of drug-likeness (QED) is 0.922. The van der Waals surface area contributed by atoms with E-state index in [1.54, 1.807) is 0 Å². The maximum atomic E-state index is 10.9. The second-order valence-electron chi connectivity index (χ2n) is 5.49. The minimum atomic E-state index is -1.00. The van der Waals surface area contributed by atoms with E-state index in [0.717, 1.165) is 25.9 Å². The number of rotatable bonds is 3. The van der Waals surface area contributed by atoms with Gasteiger partial charge in [-0.1, -0.05) is 31.9 Å². The van der Waals surface area contributed by atoms with Crippen LogP contribution in [0.5, 0.6) is 0 Å². The van der Waals surface area contributed by atoms with Crippen LogP contribution >= 0.6 is 11.6 Å². The van der Waals surface area contributed by atoms with Crippen LogP contribution in [-0.2, 0) is 0 Å². The lowest BCUT2D eigenvalue weighted by molar-refractivity contribution is 0.0696. The highest BCUT2D eigenvalue weighted by Crippen LogP contribution is 2.36. The van der Waals surface area contributed by atoms with Gasteiger partial charge in [0, 0.05) is 19.3 Å². The third-order valence-corrected chi connectivity index (χ3v) is 4.47. The standard InChI is InChI=1S/C14H19ClN2O2/c1-3-14(2)4-6-17(7-5-14)12-11(15)8-10(9-16-12)13(18)19/h8-9H,3-7H2,1-2H3,(H,18,19). The Morgan fingerprint density at radius 2 is 2.16 bits per heavy atom. The summed E-state index contributed by atoms with van der Waals surface area (Å²) in [5.41, 5.74) is 0.536. The van der Waals surface area contributed by atoms with Gasteiger partial charge in [-0.15, -0.1) is 0 Å². The molecule has 2 rings (SSSR count). The molecule has 1 aliphatic rings. The van der Waals surface area contributed by atoms with Gasteiger partial charge >= 0.3 is 5.97 Å². The first kappa shape index (κ1) is 14.1. The van der Waals surface area contributed by atoms with Gasteiger partial charge in [0.2, 0.25) is 0 Å². The van der Waals surface area contributed by atoms with E-state index < -0.39 is 5.97 Å². The van der Waals surface area contributed by atoms with Gasteiger partial charge in [-0.25, -0.2) is 9.78 Å². The average molecular weight is 283 g/mol. The molecule has 5 heteroatoms. The molecule has 0 unspecified atom stereocenters. The van der Waals surface area contributed by atoms with Crippen LogP contribution in [0, 0.1) is 5.41 Å². The summed E-state index contributed by atoms with van der Waals surface area (Å²) in [6.45, 7) is 6.38. The van der Waals surface area contributed by atoms with Gasteiger partial charge in [-0.2, -0.15) is 0 Å². The molecule has 104 valence electrons. The van der Waals surface area contributed by atoms with E-state index in [9.17, 15) is 4.79 Å². The molecule has 0 atom stereocenters. The van der Waals surface area contributed by atoms with Crippen LogP contribution in [0.1, 0.15) is 43.5 Å². The number of carboxylic acids is 1. The Morgan fingerprint density at radius 1 is 1.53 bits per heavy atom. The van der Waals surface area contributed by atoms with E-state index >= 15 is 0 Å². The van der Waals surface area contributed by atoms with Gasteiger partial charge in [0.1, 0.15) is 5.82 Å². The van der Waals surface area contributed by atoms with Gasteiger partial charge in [0.05, 0.1) is 10.6 Å². The summed E-state index contributed by atoms with van der Waals surface area (Å²) < 4.78 is 0. The SMILES string of the molecule is CCC1(C)CCN(c2ncc(C(=O)O)cc2Cl)CC1. The first-order valence-electron chi connectivity index (χ1n) is 6.59. The number of piperidine rings is 1. The molecule has 0 amide bonds. The fraction of sp³-hybridized carbons (Fsp3) is 0.571. The van der Waals surface area contributed by atoms with E-state index in [1.165, 1.54) is 18.7 Å². The molecule has 1 aliphatic heterocycles. The molecule has 1 aromatic heterocycles. The van der Waals surface area contributed by atoms with Crippen LogP contribution in [0.3, 0.4) is 0 Å². The number of halogens is 1. The van der Waals surface area contributed by atoms with Crippen molar-refractivity contribution in [2.75, 3.05) is 18.0 Å². The van der Waals surface area contributed by atoms with E-state index in [4.69, 9.17) is 16.7 Å². The molecule has 1 N–H and O–H groups in total. The molecule has 19 heavy (non-hydrogen) atoms. The van der Waals surface area contributed by atoms with Crippen molar-refractivity contribution in [3.05, 3.63) is 22.8 Å². The zero-order chi connectivity index (χ0) is 14.0. The second-order valence-corrected chi connectivity index (χ2v) is 5.89. The minimum Gasteiger partial charge on any atom is -0.478 e. The molecule has 2 heterocycles. The third kappa shape index (κ3) is 3.00. The molecule has 4 nitrogen and oxygen atoms in total.